The Bertz CT molecular complexity index is 547. The summed E-state index contributed by atoms with van der Waals surface area (Å²) in [4.78, 5) is 3.32. The van der Waals surface area contributed by atoms with E-state index in [1.807, 2.05) is 0 Å². The second-order valence-corrected chi connectivity index (χ2v) is 4.30. The third-order valence-electron chi connectivity index (χ3n) is 2.00. The van der Waals surface area contributed by atoms with Crippen LogP contribution in [0.1, 0.15) is 5.01 Å². The first-order chi connectivity index (χ1) is 7.88. The van der Waals surface area contributed by atoms with E-state index in [2.05, 4.69) is 4.98 Å². The molecule has 90 valence electrons. The van der Waals surface area contributed by atoms with Crippen LogP contribution in [-0.4, -0.2) is 4.98 Å². The summed E-state index contributed by atoms with van der Waals surface area (Å²) in [6.07, 6.45) is -3.52. The molecular weight excluding hydrogens is 256 g/mol. The Hall–Kier alpha value is -1.63. The monoisotopic (exact) mass is 262 g/mol. The van der Waals surface area contributed by atoms with Gasteiger partial charge in [0.2, 0.25) is 0 Å². The minimum Gasteiger partial charge on any atom is -0.399 e. The summed E-state index contributed by atoms with van der Waals surface area (Å²) in [5.41, 5.74) is 5.76. The van der Waals surface area contributed by atoms with Crippen molar-refractivity contribution in [2.75, 3.05) is 5.73 Å². The Labute approximate surface area is 97.7 Å². The van der Waals surface area contributed by atoms with E-state index in [9.17, 15) is 17.6 Å². The Morgan fingerprint density at radius 1 is 1.24 bits per heavy atom. The maximum absolute atomic E-state index is 13.4. The molecular formula is C10H6F4N2S. The van der Waals surface area contributed by atoms with E-state index < -0.39 is 17.0 Å². The molecule has 0 fully saturated rings. The van der Waals surface area contributed by atoms with Crippen LogP contribution < -0.4 is 5.73 Å². The van der Waals surface area contributed by atoms with Crippen LogP contribution in [0.2, 0.25) is 0 Å². The number of alkyl halides is 3. The second kappa shape index (κ2) is 3.99. The summed E-state index contributed by atoms with van der Waals surface area (Å²) in [7, 11) is 0. The fraction of sp³-hybridized carbons (Fsp3) is 0.100. The van der Waals surface area contributed by atoms with E-state index in [-0.39, 0.29) is 16.1 Å². The molecule has 2 aromatic rings. The van der Waals surface area contributed by atoms with Gasteiger partial charge in [-0.05, 0) is 18.2 Å². The third-order valence-corrected chi connectivity index (χ3v) is 3.08. The maximum atomic E-state index is 13.4. The Morgan fingerprint density at radius 3 is 2.53 bits per heavy atom. The number of rotatable bonds is 1. The molecule has 2 rings (SSSR count). The zero-order chi connectivity index (χ0) is 12.6. The molecule has 0 bridgehead atoms. The van der Waals surface area contributed by atoms with Crippen LogP contribution in [0.3, 0.4) is 0 Å². The topological polar surface area (TPSA) is 38.9 Å². The van der Waals surface area contributed by atoms with Crippen LogP contribution in [0, 0.1) is 5.82 Å². The first kappa shape index (κ1) is 11.8. The number of nitrogens with two attached hydrogens (primary N) is 1. The quantitative estimate of drug-likeness (QED) is 0.630. The average molecular weight is 262 g/mol. The minimum absolute atomic E-state index is 0.0259. The number of anilines is 1. The molecule has 1 heterocycles. The third kappa shape index (κ3) is 2.38. The lowest BCUT2D eigenvalue weighted by Gasteiger charge is -2.01. The lowest BCUT2D eigenvalue weighted by Crippen LogP contribution is -2.02. The summed E-state index contributed by atoms with van der Waals surface area (Å²) >= 11 is 0.384. The standard InChI is InChI=1S/C10H6F4N2S/c11-7-2-1-5(15)3-6(7)8-4-16-9(17-8)10(12,13)14/h1-4H,15H2. The lowest BCUT2D eigenvalue weighted by atomic mass is 10.1. The van der Waals surface area contributed by atoms with Crippen molar-refractivity contribution in [1.82, 2.24) is 4.98 Å². The van der Waals surface area contributed by atoms with Gasteiger partial charge in [0.15, 0.2) is 5.01 Å². The van der Waals surface area contributed by atoms with E-state index in [0.29, 0.717) is 11.3 Å². The van der Waals surface area contributed by atoms with Gasteiger partial charge in [0.05, 0.1) is 4.88 Å². The van der Waals surface area contributed by atoms with Crippen LogP contribution in [-0.2, 0) is 6.18 Å². The molecule has 0 saturated carbocycles. The van der Waals surface area contributed by atoms with Gasteiger partial charge in [0.25, 0.3) is 0 Å². The summed E-state index contributed by atoms with van der Waals surface area (Å²) in [5, 5.41) is -1.01. The van der Waals surface area contributed by atoms with Crippen molar-refractivity contribution < 1.29 is 17.6 Å². The number of nitrogens with zero attached hydrogens (tertiary/aromatic N) is 1. The molecule has 2 nitrogen and oxygen atoms in total. The molecule has 0 aliphatic heterocycles. The average Bonchev–Trinajstić information content (AvgIpc) is 2.70. The highest BCUT2D eigenvalue weighted by Gasteiger charge is 2.34. The molecule has 0 amide bonds. The largest absolute Gasteiger partial charge is 0.443 e. The highest BCUT2D eigenvalue weighted by atomic mass is 32.1. The van der Waals surface area contributed by atoms with E-state index in [1.54, 1.807) is 0 Å². The number of benzene rings is 1. The highest BCUT2D eigenvalue weighted by molar-refractivity contribution is 7.15. The Balaban J connectivity index is 2.47. The summed E-state index contributed by atoms with van der Waals surface area (Å²) in [6.45, 7) is 0. The lowest BCUT2D eigenvalue weighted by molar-refractivity contribution is -0.137. The minimum atomic E-state index is -4.51. The van der Waals surface area contributed by atoms with E-state index in [4.69, 9.17) is 5.73 Å². The summed E-state index contributed by atoms with van der Waals surface area (Å²) in [6, 6.07) is 3.73. The SMILES string of the molecule is Nc1ccc(F)c(-c2cnc(C(F)(F)F)s2)c1. The van der Waals surface area contributed by atoms with Gasteiger partial charge in [0.1, 0.15) is 5.82 Å². The van der Waals surface area contributed by atoms with Gasteiger partial charge in [0, 0.05) is 17.4 Å². The number of thiazole rings is 1. The van der Waals surface area contributed by atoms with Gasteiger partial charge < -0.3 is 5.73 Å². The van der Waals surface area contributed by atoms with Crippen LogP contribution in [0.25, 0.3) is 10.4 Å². The molecule has 0 atom stereocenters. The van der Waals surface area contributed by atoms with E-state index in [0.717, 1.165) is 12.3 Å². The molecule has 0 aliphatic rings. The Kier molecular flexibility index (Phi) is 2.78. The van der Waals surface area contributed by atoms with Crippen LogP contribution in [0.4, 0.5) is 23.2 Å². The summed E-state index contributed by atoms with van der Waals surface area (Å²) in [5.74, 6) is -0.628. The van der Waals surface area contributed by atoms with Gasteiger partial charge in [-0.25, -0.2) is 9.37 Å². The van der Waals surface area contributed by atoms with Gasteiger partial charge in [-0.15, -0.1) is 11.3 Å². The molecule has 0 spiro atoms. The number of hydrogen-bond acceptors (Lipinski definition) is 3. The van der Waals surface area contributed by atoms with Crippen LogP contribution in [0.15, 0.2) is 24.4 Å². The van der Waals surface area contributed by atoms with Gasteiger partial charge >= 0.3 is 6.18 Å². The Morgan fingerprint density at radius 2 is 1.94 bits per heavy atom. The first-order valence-corrected chi connectivity index (χ1v) is 5.28. The molecule has 0 unspecified atom stereocenters. The van der Waals surface area contributed by atoms with Crippen molar-refractivity contribution in [3.8, 4) is 10.4 Å². The van der Waals surface area contributed by atoms with Crippen molar-refractivity contribution >= 4 is 17.0 Å². The molecule has 1 aromatic heterocycles. The molecule has 0 aliphatic carbocycles. The molecule has 2 N–H and O–H groups in total. The highest BCUT2D eigenvalue weighted by Crippen LogP contribution is 2.37. The maximum Gasteiger partial charge on any atom is 0.443 e. The first-order valence-electron chi connectivity index (χ1n) is 4.46. The van der Waals surface area contributed by atoms with Crippen molar-refractivity contribution in [3.63, 3.8) is 0 Å². The molecule has 1 aromatic carbocycles. The zero-order valence-corrected chi connectivity index (χ0v) is 9.07. The number of nitrogen functional groups attached to an aromatic ring is 1. The number of hydrogen-bond donors (Lipinski definition) is 1. The van der Waals surface area contributed by atoms with Crippen molar-refractivity contribution in [2.24, 2.45) is 0 Å². The van der Waals surface area contributed by atoms with Crippen molar-refractivity contribution in [1.29, 1.82) is 0 Å². The fourth-order valence-corrected chi connectivity index (χ4v) is 2.06. The molecule has 7 heteroatoms. The van der Waals surface area contributed by atoms with Gasteiger partial charge in [-0.2, -0.15) is 13.2 Å². The predicted molar refractivity (Wildman–Crippen MR) is 56.9 cm³/mol. The van der Waals surface area contributed by atoms with Crippen LogP contribution >= 0.6 is 11.3 Å². The fourth-order valence-electron chi connectivity index (χ4n) is 1.26. The zero-order valence-electron chi connectivity index (χ0n) is 8.25. The molecule has 0 saturated heterocycles. The smallest absolute Gasteiger partial charge is 0.399 e. The number of aromatic nitrogens is 1. The second-order valence-electron chi connectivity index (χ2n) is 3.27. The number of halogens is 4. The van der Waals surface area contributed by atoms with Gasteiger partial charge in [-0.3, -0.25) is 0 Å². The van der Waals surface area contributed by atoms with E-state index in [1.165, 1.54) is 12.1 Å². The predicted octanol–water partition coefficient (Wildman–Crippen LogP) is 3.55. The van der Waals surface area contributed by atoms with Crippen molar-refractivity contribution in [3.05, 3.63) is 35.2 Å². The molecule has 17 heavy (non-hydrogen) atoms. The summed E-state index contributed by atoms with van der Waals surface area (Å²) < 4.78 is 50.4. The molecule has 0 radical (unpaired) electrons. The van der Waals surface area contributed by atoms with Crippen molar-refractivity contribution in [2.45, 2.75) is 6.18 Å². The normalized spacial score (nSPS) is 11.8. The van der Waals surface area contributed by atoms with Gasteiger partial charge in [-0.1, -0.05) is 0 Å². The van der Waals surface area contributed by atoms with Crippen LogP contribution in [0.5, 0.6) is 0 Å². The van der Waals surface area contributed by atoms with E-state index >= 15 is 0 Å².